The van der Waals surface area contributed by atoms with Crippen molar-refractivity contribution in [3.63, 3.8) is 0 Å². The van der Waals surface area contributed by atoms with Gasteiger partial charge in [-0.1, -0.05) is 18.2 Å². The van der Waals surface area contributed by atoms with E-state index in [2.05, 4.69) is 10.5 Å². The van der Waals surface area contributed by atoms with Crippen LogP contribution in [-0.4, -0.2) is 27.8 Å². The molecule has 8 heteroatoms. The second-order valence-electron chi connectivity index (χ2n) is 8.21. The van der Waals surface area contributed by atoms with Crippen molar-refractivity contribution < 1.29 is 19.1 Å². The average Bonchev–Trinajstić information content (AvgIpc) is 3.46. The molecule has 2 N–H and O–H groups in total. The van der Waals surface area contributed by atoms with Crippen LogP contribution < -0.4 is 5.43 Å². The highest BCUT2D eigenvalue weighted by Gasteiger charge is 2.27. The topological polar surface area (TPSA) is 96.8 Å². The number of rotatable bonds is 5. The van der Waals surface area contributed by atoms with Crippen LogP contribution in [0.25, 0.3) is 16.0 Å². The van der Waals surface area contributed by atoms with E-state index in [1.54, 1.807) is 29.7 Å². The third kappa shape index (κ3) is 3.76. The van der Waals surface area contributed by atoms with Gasteiger partial charge in [0.1, 0.15) is 10.6 Å². The lowest BCUT2D eigenvalue weighted by Crippen LogP contribution is -2.16. The molecule has 0 saturated carbocycles. The van der Waals surface area contributed by atoms with Gasteiger partial charge in [0.2, 0.25) is 0 Å². The highest BCUT2D eigenvalue weighted by Crippen LogP contribution is 2.38. The summed E-state index contributed by atoms with van der Waals surface area (Å²) >= 11 is 1.57. The fourth-order valence-electron chi connectivity index (χ4n) is 4.47. The summed E-state index contributed by atoms with van der Waals surface area (Å²) in [4.78, 5) is 25.7. The summed E-state index contributed by atoms with van der Waals surface area (Å²) < 4.78 is 7.55. The number of hydrazone groups is 1. The maximum Gasteiger partial charge on any atom is 0.339 e. The Morgan fingerprint density at radius 2 is 1.97 bits per heavy atom. The molecule has 7 nitrogen and oxygen atoms in total. The molecule has 0 bridgehead atoms. The number of furan rings is 1. The molecular formula is C25H23N3O4S. The van der Waals surface area contributed by atoms with E-state index in [1.807, 2.05) is 42.7 Å². The van der Waals surface area contributed by atoms with Crippen molar-refractivity contribution >= 4 is 40.4 Å². The standard InChI is InChI=1S/C25H23N3O4S/c1-14-11-17(13-26-27-23(29)20-12-16-7-3-5-9-19(16)32-20)15(2)28(14)24-22(25(30)31)18-8-4-6-10-21(18)33-24/h3,5,7,9,11-13H,4,6,8,10H2,1-2H3,(H,27,29)(H,30,31). The van der Waals surface area contributed by atoms with Gasteiger partial charge in [-0.2, -0.15) is 5.10 Å². The first-order chi connectivity index (χ1) is 15.9. The number of carboxylic acids is 1. The lowest BCUT2D eigenvalue weighted by Gasteiger charge is -2.11. The number of thiophene rings is 1. The predicted octanol–water partition coefficient (Wildman–Crippen LogP) is 5.24. The lowest BCUT2D eigenvalue weighted by atomic mass is 9.95. The maximum atomic E-state index is 12.4. The Kier molecular flexibility index (Phi) is 5.38. The molecule has 0 aliphatic heterocycles. The molecule has 3 aromatic heterocycles. The molecular weight excluding hydrogens is 438 g/mol. The Morgan fingerprint density at radius 3 is 2.76 bits per heavy atom. The third-order valence-electron chi connectivity index (χ3n) is 6.06. The minimum absolute atomic E-state index is 0.189. The number of hydrogen-bond donors (Lipinski definition) is 2. The minimum atomic E-state index is -0.884. The van der Waals surface area contributed by atoms with Gasteiger partial charge in [0.15, 0.2) is 5.76 Å². The number of aromatic nitrogens is 1. The number of nitrogens with one attached hydrogen (secondary N) is 1. The summed E-state index contributed by atoms with van der Waals surface area (Å²) in [5.41, 5.74) is 7.14. The molecule has 4 aromatic rings. The molecule has 0 atom stereocenters. The van der Waals surface area contributed by atoms with Crippen LogP contribution in [0.5, 0.6) is 0 Å². The zero-order valence-electron chi connectivity index (χ0n) is 18.3. The lowest BCUT2D eigenvalue weighted by molar-refractivity contribution is 0.0695. The molecule has 1 aromatic carbocycles. The number of carboxylic acid groups (broad SMARTS) is 1. The van der Waals surface area contributed by atoms with Gasteiger partial charge in [0, 0.05) is 27.2 Å². The van der Waals surface area contributed by atoms with Crippen LogP contribution in [-0.2, 0) is 12.8 Å². The fraction of sp³-hybridized carbons (Fsp3) is 0.240. The van der Waals surface area contributed by atoms with Gasteiger partial charge in [-0.15, -0.1) is 11.3 Å². The van der Waals surface area contributed by atoms with Crippen LogP contribution in [0.2, 0.25) is 0 Å². The largest absolute Gasteiger partial charge is 0.478 e. The minimum Gasteiger partial charge on any atom is -0.478 e. The Bertz CT molecular complexity index is 1390. The molecule has 0 radical (unpaired) electrons. The van der Waals surface area contributed by atoms with E-state index in [-0.39, 0.29) is 5.76 Å². The Balaban J connectivity index is 1.42. The second-order valence-corrected chi connectivity index (χ2v) is 9.29. The maximum absolute atomic E-state index is 12.4. The SMILES string of the molecule is Cc1cc(C=NNC(=O)c2cc3ccccc3o2)c(C)n1-c1sc2c(c1C(=O)O)CCCC2. The quantitative estimate of drug-likeness (QED) is 0.314. The first kappa shape index (κ1) is 21.2. The first-order valence-electron chi connectivity index (χ1n) is 10.8. The van der Waals surface area contributed by atoms with Gasteiger partial charge < -0.3 is 14.1 Å². The van der Waals surface area contributed by atoms with Gasteiger partial charge in [-0.25, -0.2) is 10.2 Å². The number of aryl methyl sites for hydroxylation is 2. The van der Waals surface area contributed by atoms with E-state index in [0.29, 0.717) is 11.1 Å². The number of aromatic carboxylic acids is 1. The van der Waals surface area contributed by atoms with Crippen molar-refractivity contribution in [1.82, 2.24) is 9.99 Å². The molecule has 1 amide bonds. The van der Waals surface area contributed by atoms with Crippen molar-refractivity contribution in [2.24, 2.45) is 5.10 Å². The van der Waals surface area contributed by atoms with E-state index in [9.17, 15) is 14.7 Å². The zero-order valence-corrected chi connectivity index (χ0v) is 19.2. The zero-order chi connectivity index (χ0) is 23.1. The Morgan fingerprint density at radius 1 is 1.18 bits per heavy atom. The number of carbonyl (C=O) groups excluding carboxylic acids is 1. The monoisotopic (exact) mass is 461 g/mol. The molecule has 1 aliphatic carbocycles. The Labute approximate surface area is 194 Å². The summed E-state index contributed by atoms with van der Waals surface area (Å²) in [6.45, 7) is 3.88. The van der Waals surface area contributed by atoms with Crippen molar-refractivity contribution in [2.75, 3.05) is 0 Å². The van der Waals surface area contributed by atoms with Gasteiger partial charge in [0.05, 0.1) is 11.8 Å². The van der Waals surface area contributed by atoms with Gasteiger partial charge in [-0.05, 0) is 63.3 Å². The molecule has 168 valence electrons. The smallest absolute Gasteiger partial charge is 0.339 e. The summed E-state index contributed by atoms with van der Waals surface area (Å²) in [5, 5.41) is 15.6. The van der Waals surface area contributed by atoms with Crippen molar-refractivity contribution in [3.8, 4) is 5.00 Å². The molecule has 1 aliphatic rings. The second kappa shape index (κ2) is 8.37. The summed E-state index contributed by atoms with van der Waals surface area (Å²) in [6, 6.07) is 11.0. The molecule has 0 unspecified atom stereocenters. The summed E-state index contributed by atoms with van der Waals surface area (Å²) in [5.74, 6) is -1.13. The highest BCUT2D eigenvalue weighted by atomic mass is 32.1. The van der Waals surface area contributed by atoms with Crippen LogP contribution in [0.4, 0.5) is 0 Å². The van der Waals surface area contributed by atoms with Crippen molar-refractivity contribution in [1.29, 1.82) is 0 Å². The molecule has 3 heterocycles. The van der Waals surface area contributed by atoms with E-state index >= 15 is 0 Å². The molecule has 0 fully saturated rings. The Hall–Kier alpha value is -3.65. The number of fused-ring (bicyclic) bond motifs is 2. The normalized spacial score (nSPS) is 13.5. The van der Waals surface area contributed by atoms with Gasteiger partial charge in [-0.3, -0.25) is 4.79 Å². The molecule has 33 heavy (non-hydrogen) atoms. The fourth-order valence-corrected chi connectivity index (χ4v) is 5.96. The highest BCUT2D eigenvalue weighted by molar-refractivity contribution is 7.15. The van der Waals surface area contributed by atoms with E-state index in [4.69, 9.17) is 4.42 Å². The van der Waals surface area contributed by atoms with E-state index in [1.165, 1.54) is 4.88 Å². The van der Waals surface area contributed by atoms with E-state index in [0.717, 1.165) is 58.6 Å². The van der Waals surface area contributed by atoms with Crippen LogP contribution in [0.15, 0.2) is 45.9 Å². The van der Waals surface area contributed by atoms with Gasteiger partial charge >= 0.3 is 11.9 Å². The van der Waals surface area contributed by atoms with Crippen molar-refractivity contribution in [2.45, 2.75) is 39.5 Å². The number of hydrogen-bond acceptors (Lipinski definition) is 5. The van der Waals surface area contributed by atoms with Crippen LogP contribution >= 0.6 is 11.3 Å². The molecule has 0 spiro atoms. The van der Waals surface area contributed by atoms with Gasteiger partial charge in [0.25, 0.3) is 0 Å². The predicted molar refractivity (Wildman–Crippen MR) is 128 cm³/mol. The van der Waals surface area contributed by atoms with E-state index < -0.39 is 11.9 Å². The van der Waals surface area contributed by atoms with Crippen LogP contribution in [0.1, 0.15) is 61.1 Å². The number of benzene rings is 1. The first-order valence-corrected chi connectivity index (χ1v) is 11.6. The van der Waals surface area contributed by atoms with Crippen molar-refractivity contribution in [3.05, 3.63) is 75.1 Å². The number of para-hydroxylation sites is 1. The third-order valence-corrected chi connectivity index (χ3v) is 7.34. The molecule has 0 saturated heterocycles. The molecule has 5 rings (SSSR count). The summed E-state index contributed by atoms with van der Waals surface area (Å²) in [7, 11) is 0. The number of nitrogens with zero attached hydrogens (tertiary/aromatic N) is 2. The average molecular weight is 462 g/mol. The van der Waals surface area contributed by atoms with Crippen LogP contribution in [0, 0.1) is 13.8 Å². The summed E-state index contributed by atoms with van der Waals surface area (Å²) in [6.07, 6.45) is 5.44. The number of amides is 1. The number of carbonyl (C=O) groups is 2. The van der Waals surface area contributed by atoms with Crippen LogP contribution in [0.3, 0.4) is 0 Å².